The molecule has 0 fully saturated rings. The van der Waals surface area contributed by atoms with Gasteiger partial charge in [-0.25, -0.2) is 8.77 Å². The molecule has 0 N–H and O–H groups in total. The molecule has 0 atom stereocenters. The smallest absolute Gasteiger partial charge is 0.407 e. The van der Waals surface area contributed by atoms with Gasteiger partial charge in [0.1, 0.15) is 5.52 Å². The number of fused-ring (bicyclic) bond motifs is 1. The van der Waals surface area contributed by atoms with Crippen LogP contribution in [-0.4, -0.2) is 10.2 Å². The lowest BCUT2D eigenvalue weighted by molar-refractivity contribution is 0.550. The van der Waals surface area contributed by atoms with Crippen molar-refractivity contribution < 1.29 is 4.42 Å². The number of rotatable bonds is 1. The maximum atomic E-state index is 11.1. The van der Waals surface area contributed by atoms with E-state index in [1.807, 2.05) is 24.5 Å². The van der Waals surface area contributed by atoms with Crippen LogP contribution in [0.2, 0.25) is 0 Å². The van der Waals surface area contributed by atoms with Crippen LogP contribution in [0.15, 0.2) is 33.5 Å². The summed E-state index contributed by atoms with van der Waals surface area (Å²) in [6.07, 6.45) is 1.84. The Kier molecular flexibility index (Phi) is 1.69. The number of nitrogens with zero attached hydrogens (tertiary/aromatic N) is 1. The summed E-state index contributed by atoms with van der Waals surface area (Å²) in [4.78, 5) is 11.1. The van der Waals surface area contributed by atoms with Crippen LogP contribution < -0.4 is 5.76 Å². The summed E-state index contributed by atoms with van der Waals surface area (Å²) in [6, 6.07) is 7.36. The molecule has 0 amide bonds. The van der Waals surface area contributed by atoms with Gasteiger partial charge < -0.3 is 4.42 Å². The van der Waals surface area contributed by atoms with Gasteiger partial charge in [0.05, 0.1) is 0 Å². The second-order valence-corrected chi connectivity index (χ2v) is 3.04. The second-order valence-electron chi connectivity index (χ2n) is 2.31. The molecule has 3 nitrogen and oxygen atoms in total. The van der Waals surface area contributed by atoms with Gasteiger partial charge in [-0.1, -0.05) is 12.1 Å². The predicted octanol–water partition coefficient (Wildman–Crippen LogP) is 1.72. The third-order valence-corrected chi connectivity index (χ3v) is 2.34. The number of benzene rings is 1. The van der Waals surface area contributed by atoms with Crippen LogP contribution in [0.1, 0.15) is 0 Å². The largest absolute Gasteiger partial charge is 0.430 e. The Balaban J connectivity index is 2.91. The molecule has 0 spiro atoms. The van der Waals surface area contributed by atoms with E-state index in [0.29, 0.717) is 5.58 Å². The Morgan fingerprint density at radius 1 is 1.42 bits per heavy atom. The molecular formula is C8H7NO2S. The lowest BCUT2D eigenvalue weighted by atomic mass is 10.3. The van der Waals surface area contributed by atoms with Gasteiger partial charge in [0.15, 0.2) is 5.58 Å². The van der Waals surface area contributed by atoms with Crippen molar-refractivity contribution in [2.45, 2.75) is 0 Å². The minimum Gasteiger partial charge on any atom is -0.407 e. The molecule has 0 bridgehead atoms. The summed E-state index contributed by atoms with van der Waals surface area (Å²) in [5.74, 6) is -0.316. The van der Waals surface area contributed by atoms with E-state index in [2.05, 4.69) is 0 Å². The minimum atomic E-state index is -0.316. The standard InChI is InChI=1S/C8H7NO2S/c1-12-9-6-4-2-3-5-7(6)11-8(9)10/h2-5H,1H3. The van der Waals surface area contributed by atoms with Gasteiger partial charge in [0, 0.05) is 6.26 Å². The third-order valence-electron chi connectivity index (χ3n) is 1.63. The molecule has 0 aliphatic carbocycles. The SMILES string of the molecule is CSn1c(=O)oc2ccccc21. The van der Waals surface area contributed by atoms with Crippen molar-refractivity contribution in [1.29, 1.82) is 0 Å². The van der Waals surface area contributed by atoms with Crippen LogP contribution >= 0.6 is 11.9 Å². The normalized spacial score (nSPS) is 10.8. The topological polar surface area (TPSA) is 35.1 Å². The van der Waals surface area contributed by atoms with Gasteiger partial charge in [0.2, 0.25) is 0 Å². The summed E-state index contributed by atoms with van der Waals surface area (Å²) >= 11 is 1.34. The molecule has 0 saturated heterocycles. The molecule has 0 radical (unpaired) electrons. The van der Waals surface area contributed by atoms with Crippen molar-refractivity contribution in [1.82, 2.24) is 3.97 Å². The van der Waals surface area contributed by atoms with Gasteiger partial charge in [0.25, 0.3) is 0 Å². The van der Waals surface area contributed by atoms with Crippen molar-refractivity contribution in [3.8, 4) is 0 Å². The van der Waals surface area contributed by atoms with E-state index >= 15 is 0 Å². The first kappa shape index (κ1) is 7.49. The maximum Gasteiger partial charge on any atom is 0.430 e. The molecule has 0 aliphatic heterocycles. The molecule has 0 saturated carbocycles. The average Bonchev–Trinajstić information content (AvgIpc) is 2.40. The number of hydrogen-bond acceptors (Lipinski definition) is 3. The molecule has 12 heavy (non-hydrogen) atoms. The molecule has 1 aromatic carbocycles. The van der Waals surface area contributed by atoms with Gasteiger partial charge >= 0.3 is 5.76 Å². The molecule has 4 heteroatoms. The molecule has 2 aromatic rings. The second kappa shape index (κ2) is 2.71. The van der Waals surface area contributed by atoms with Crippen LogP contribution in [0.25, 0.3) is 11.1 Å². The monoisotopic (exact) mass is 181 g/mol. The molecule has 1 aromatic heterocycles. The highest BCUT2D eigenvalue weighted by molar-refractivity contribution is 7.97. The van der Waals surface area contributed by atoms with Crippen molar-refractivity contribution in [3.63, 3.8) is 0 Å². The lowest BCUT2D eigenvalue weighted by Crippen LogP contribution is -2.06. The summed E-state index contributed by atoms with van der Waals surface area (Å²) in [5, 5.41) is 0. The van der Waals surface area contributed by atoms with E-state index in [0.717, 1.165) is 5.52 Å². The Labute approximate surface area is 73.1 Å². The van der Waals surface area contributed by atoms with Gasteiger partial charge in [-0.15, -0.1) is 0 Å². The van der Waals surface area contributed by atoms with Crippen LogP contribution in [0.5, 0.6) is 0 Å². The fraction of sp³-hybridized carbons (Fsp3) is 0.125. The van der Waals surface area contributed by atoms with Crippen molar-refractivity contribution >= 4 is 23.0 Å². The Hall–Kier alpha value is -1.16. The zero-order valence-electron chi connectivity index (χ0n) is 6.48. The molecular weight excluding hydrogens is 174 g/mol. The maximum absolute atomic E-state index is 11.1. The minimum absolute atomic E-state index is 0.316. The Morgan fingerprint density at radius 2 is 2.17 bits per heavy atom. The van der Waals surface area contributed by atoms with E-state index in [1.54, 1.807) is 6.07 Å². The molecule has 0 unspecified atom stereocenters. The van der Waals surface area contributed by atoms with Crippen LogP contribution in [0.3, 0.4) is 0 Å². The van der Waals surface area contributed by atoms with Crippen molar-refractivity contribution in [2.24, 2.45) is 0 Å². The number of oxazole rings is 1. The van der Waals surface area contributed by atoms with E-state index < -0.39 is 0 Å². The fourth-order valence-electron chi connectivity index (χ4n) is 1.12. The summed E-state index contributed by atoms with van der Waals surface area (Å²) in [7, 11) is 0. The lowest BCUT2D eigenvalue weighted by Gasteiger charge is -1.91. The van der Waals surface area contributed by atoms with Gasteiger partial charge in [-0.05, 0) is 24.1 Å². The van der Waals surface area contributed by atoms with Crippen LogP contribution in [0, 0.1) is 0 Å². The molecule has 1 heterocycles. The Morgan fingerprint density at radius 3 is 2.92 bits per heavy atom. The highest BCUT2D eigenvalue weighted by Crippen LogP contribution is 2.14. The average molecular weight is 181 g/mol. The summed E-state index contributed by atoms with van der Waals surface area (Å²) < 4.78 is 6.50. The first-order valence-corrected chi connectivity index (χ1v) is 4.66. The number of para-hydroxylation sites is 2. The quantitative estimate of drug-likeness (QED) is 0.672. The zero-order valence-corrected chi connectivity index (χ0v) is 7.30. The van der Waals surface area contributed by atoms with E-state index in [1.165, 1.54) is 15.9 Å². The van der Waals surface area contributed by atoms with Crippen molar-refractivity contribution in [2.75, 3.05) is 6.26 Å². The first-order chi connectivity index (χ1) is 5.83. The first-order valence-electron chi connectivity index (χ1n) is 3.48. The zero-order chi connectivity index (χ0) is 8.55. The van der Waals surface area contributed by atoms with Crippen LogP contribution in [-0.2, 0) is 0 Å². The summed E-state index contributed by atoms with van der Waals surface area (Å²) in [6.45, 7) is 0. The fourth-order valence-corrected chi connectivity index (χ4v) is 1.65. The van der Waals surface area contributed by atoms with Crippen LogP contribution in [0.4, 0.5) is 0 Å². The van der Waals surface area contributed by atoms with Gasteiger partial charge in [-0.2, -0.15) is 0 Å². The van der Waals surface area contributed by atoms with E-state index in [9.17, 15) is 4.79 Å². The molecule has 2 rings (SSSR count). The number of hydrogen-bond donors (Lipinski definition) is 0. The highest BCUT2D eigenvalue weighted by Gasteiger charge is 2.05. The molecule has 62 valence electrons. The van der Waals surface area contributed by atoms with Crippen molar-refractivity contribution in [3.05, 3.63) is 34.8 Å². The third kappa shape index (κ3) is 0.956. The summed E-state index contributed by atoms with van der Waals surface area (Å²) in [5.41, 5.74) is 1.46. The predicted molar refractivity (Wildman–Crippen MR) is 49.4 cm³/mol. The Bertz CT molecular complexity index is 457. The molecule has 0 aliphatic rings. The van der Waals surface area contributed by atoms with E-state index in [4.69, 9.17) is 4.42 Å². The number of aromatic nitrogens is 1. The van der Waals surface area contributed by atoms with E-state index in [-0.39, 0.29) is 5.76 Å². The van der Waals surface area contributed by atoms with Gasteiger partial charge in [-0.3, -0.25) is 0 Å². The highest BCUT2D eigenvalue weighted by atomic mass is 32.2.